The Morgan fingerprint density at radius 1 is 1.53 bits per heavy atom. The molecule has 0 aliphatic carbocycles. The highest BCUT2D eigenvalue weighted by Crippen LogP contribution is 2.38. The van der Waals surface area contributed by atoms with Crippen molar-refractivity contribution < 1.29 is 23.8 Å². The summed E-state index contributed by atoms with van der Waals surface area (Å²) in [5.74, 6) is -0.289. The molecule has 106 valence electrons. The van der Waals surface area contributed by atoms with Crippen molar-refractivity contribution in [2.24, 2.45) is 0 Å². The van der Waals surface area contributed by atoms with E-state index in [9.17, 15) is 9.59 Å². The maximum absolute atomic E-state index is 11.5. The standard InChI is InChI=1S/C13H19NO5/c1-9(15)18-11-6-10-4-5-13(7-11,19-10)8-14(2)12(16)17-3/h4-5,10-11H,6-8H2,1-3H3/t10-,11-,13+/m0/s1. The maximum atomic E-state index is 11.5. The minimum Gasteiger partial charge on any atom is -0.462 e. The Balaban J connectivity index is 2.03. The van der Waals surface area contributed by atoms with Crippen LogP contribution in [0.3, 0.4) is 0 Å². The Morgan fingerprint density at radius 3 is 2.89 bits per heavy atom. The lowest BCUT2D eigenvalue weighted by Gasteiger charge is -2.39. The zero-order valence-corrected chi connectivity index (χ0v) is 11.4. The molecule has 6 nitrogen and oxygen atoms in total. The zero-order valence-electron chi connectivity index (χ0n) is 11.4. The van der Waals surface area contributed by atoms with Gasteiger partial charge >= 0.3 is 12.1 Å². The van der Waals surface area contributed by atoms with Crippen LogP contribution in [0.1, 0.15) is 19.8 Å². The quantitative estimate of drug-likeness (QED) is 0.567. The third-order valence-corrected chi connectivity index (χ3v) is 3.39. The van der Waals surface area contributed by atoms with Crippen molar-refractivity contribution in [2.75, 3.05) is 20.7 Å². The fraction of sp³-hybridized carbons (Fsp3) is 0.692. The van der Waals surface area contributed by atoms with Crippen molar-refractivity contribution in [1.29, 1.82) is 0 Å². The average molecular weight is 269 g/mol. The van der Waals surface area contributed by atoms with E-state index in [1.54, 1.807) is 7.05 Å². The second kappa shape index (κ2) is 5.21. The summed E-state index contributed by atoms with van der Waals surface area (Å²) in [4.78, 5) is 24.0. The van der Waals surface area contributed by atoms with Gasteiger partial charge in [-0.05, 0) is 0 Å². The molecule has 2 heterocycles. The van der Waals surface area contributed by atoms with E-state index in [1.807, 2.05) is 12.2 Å². The molecule has 19 heavy (non-hydrogen) atoms. The number of hydrogen-bond donors (Lipinski definition) is 0. The van der Waals surface area contributed by atoms with Crippen LogP contribution >= 0.6 is 0 Å². The Labute approximate surface area is 112 Å². The van der Waals surface area contributed by atoms with Gasteiger partial charge in [0.05, 0.1) is 19.8 Å². The summed E-state index contributed by atoms with van der Waals surface area (Å²) in [6.45, 7) is 1.78. The van der Waals surface area contributed by atoms with Crippen molar-refractivity contribution in [3.05, 3.63) is 12.2 Å². The van der Waals surface area contributed by atoms with Crippen LogP contribution in [-0.2, 0) is 19.0 Å². The monoisotopic (exact) mass is 269 g/mol. The molecule has 0 aromatic heterocycles. The summed E-state index contributed by atoms with van der Waals surface area (Å²) < 4.78 is 15.9. The highest BCUT2D eigenvalue weighted by molar-refractivity contribution is 5.67. The molecule has 0 saturated carbocycles. The minimum absolute atomic E-state index is 0.0517. The van der Waals surface area contributed by atoms with E-state index >= 15 is 0 Å². The molecule has 2 aliphatic heterocycles. The largest absolute Gasteiger partial charge is 0.462 e. The van der Waals surface area contributed by atoms with E-state index < -0.39 is 11.7 Å². The van der Waals surface area contributed by atoms with Crippen molar-refractivity contribution in [1.82, 2.24) is 4.90 Å². The summed E-state index contributed by atoms with van der Waals surface area (Å²) in [5, 5.41) is 0. The van der Waals surface area contributed by atoms with Crippen molar-refractivity contribution >= 4 is 12.1 Å². The number of methoxy groups -OCH3 is 1. The zero-order chi connectivity index (χ0) is 14.0. The first-order valence-electron chi connectivity index (χ1n) is 6.27. The second-order valence-electron chi connectivity index (χ2n) is 5.08. The number of fused-ring (bicyclic) bond motifs is 2. The predicted octanol–water partition coefficient (Wildman–Crippen LogP) is 1.10. The number of nitrogens with zero attached hydrogens (tertiary/aromatic N) is 1. The summed E-state index contributed by atoms with van der Waals surface area (Å²) in [5.41, 5.74) is -0.577. The molecule has 2 aliphatic rings. The van der Waals surface area contributed by atoms with Gasteiger partial charge in [-0.25, -0.2) is 4.79 Å². The van der Waals surface area contributed by atoms with Gasteiger partial charge in [0.2, 0.25) is 0 Å². The molecule has 0 aromatic rings. The second-order valence-corrected chi connectivity index (χ2v) is 5.08. The Kier molecular flexibility index (Phi) is 3.80. The van der Waals surface area contributed by atoms with Gasteiger partial charge in [-0.3, -0.25) is 4.79 Å². The molecule has 3 atom stereocenters. The molecular formula is C13H19NO5. The average Bonchev–Trinajstić information content (AvgIpc) is 2.62. The predicted molar refractivity (Wildman–Crippen MR) is 66.6 cm³/mol. The van der Waals surface area contributed by atoms with Gasteiger partial charge in [-0.1, -0.05) is 12.2 Å². The summed E-state index contributed by atoms with van der Waals surface area (Å²) in [6.07, 6.45) is 4.52. The van der Waals surface area contributed by atoms with Gasteiger partial charge in [-0.15, -0.1) is 0 Å². The van der Waals surface area contributed by atoms with Gasteiger partial charge in [0.1, 0.15) is 11.7 Å². The van der Waals surface area contributed by atoms with Crippen LogP contribution in [0.5, 0.6) is 0 Å². The topological polar surface area (TPSA) is 65.1 Å². The molecule has 0 N–H and O–H groups in total. The maximum Gasteiger partial charge on any atom is 0.409 e. The number of carbonyl (C=O) groups is 2. The molecular weight excluding hydrogens is 250 g/mol. The number of carbonyl (C=O) groups excluding carboxylic acids is 2. The first-order chi connectivity index (χ1) is 8.94. The molecule has 6 heteroatoms. The van der Waals surface area contributed by atoms with E-state index in [0.717, 1.165) is 0 Å². The molecule has 0 radical (unpaired) electrons. The Bertz CT molecular complexity index is 408. The smallest absolute Gasteiger partial charge is 0.409 e. The van der Waals surface area contributed by atoms with E-state index in [-0.39, 0.29) is 18.2 Å². The van der Waals surface area contributed by atoms with Crippen LogP contribution in [0.25, 0.3) is 0 Å². The number of hydrogen-bond acceptors (Lipinski definition) is 5. The SMILES string of the molecule is COC(=O)N(C)C[C@@]12C=C[C@@H](C[C@H](OC(C)=O)C1)O2. The van der Waals surface area contributed by atoms with Gasteiger partial charge < -0.3 is 19.1 Å². The van der Waals surface area contributed by atoms with E-state index in [2.05, 4.69) is 4.74 Å². The Morgan fingerprint density at radius 2 is 2.26 bits per heavy atom. The molecule has 0 unspecified atom stereocenters. The van der Waals surface area contributed by atoms with Crippen LogP contribution in [0.15, 0.2) is 12.2 Å². The summed E-state index contributed by atoms with van der Waals surface area (Å²) >= 11 is 0. The van der Waals surface area contributed by atoms with Gasteiger partial charge in [0.25, 0.3) is 0 Å². The van der Waals surface area contributed by atoms with E-state index in [1.165, 1.54) is 18.9 Å². The van der Waals surface area contributed by atoms with Gasteiger partial charge in [0.15, 0.2) is 0 Å². The lowest BCUT2D eigenvalue weighted by atomic mass is 9.93. The first kappa shape index (κ1) is 13.9. The molecule has 1 fully saturated rings. The highest BCUT2D eigenvalue weighted by Gasteiger charge is 2.45. The lowest BCUT2D eigenvalue weighted by molar-refractivity contribution is -0.162. The van der Waals surface area contributed by atoms with Crippen LogP contribution in [0, 0.1) is 0 Å². The van der Waals surface area contributed by atoms with Crippen molar-refractivity contribution in [3.8, 4) is 0 Å². The van der Waals surface area contributed by atoms with Crippen molar-refractivity contribution in [3.63, 3.8) is 0 Å². The summed E-state index contributed by atoms with van der Waals surface area (Å²) in [6, 6.07) is 0. The highest BCUT2D eigenvalue weighted by atomic mass is 16.6. The third kappa shape index (κ3) is 3.07. The fourth-order valence-electron chi connectivity index (χ4n) is 2.73. The molecule has 1 saturated heterocycles. The molecule has 2 bridgehead atoms. The number of esters is 1. The third-order valence-electron chi connectivity index (χ3n) is 3.39. The molecule has 2 rings (SSSR count). The van der Waals surface area contributed by atoms with Gasteiger partial charge in [0, 0.05) is 26.8 Å². The van der Waals surface area contributed by atoms with Crippen LogP contribution in [0.2, 0.25) is 0 Å². The Hall–Kier alpha value is -1.56. The first-order valence-corrected chi connectivity index (χ1v) is 6.27. The minimum atomic E-state index is -0.577. The molecule has 1 amide bonds. The molecule has 0 spiro atoms. The van der Waals surface area contributed by atoms with Crippen LogP contribution < -0.4 is 0 Å². The van der Waals surface area contributed by atoms with E-state index in [0.29, 0.717) is 19.4 Å². The van der Waals surface area contributed by atoms with E-state index in [4.69, 9.17) is 9.47 Å². The van der Waals surface area contributed by atoms with Crippen molar-refractivity contribution in [2.45, 2.75) is 37.6 Å². The normalized spacial score (nSPS) is 31.9. The molecule has 0 aromatic carbocycles. The lowest BCUT2D eigenvalue weighted by Crippen LogP contribution is -2.49. The number of amides is 1. The number of rotatable bonds is 3. The van der Waals surface area contributed by atoms with Gasteiger partial charge in [-0.2, -0.15) is 0 Å². The summed E-state index contributed by atoms with van der Waals surface area (Å²) in [7, 11) is 2.99. The number of ether oxygens (including phenoxy) is 3. The van der Waals surface area contributed by atoms with Crippen LogP contribution in [0.4, 0.5) is 4.79 Å². The van der Waals surface area contributed by atoms with Crippen LogP contribution in [-0.4, -0.2) is 55.5 Å². The number of likely N-dealkylation sites (N-methyl/N-ethyl adjacent to an activating group) is 1. The fourth-order valence-corrected chi connectivity index (χ4v) is 2.73.